The van der Waals surface area contributed by atoms with Gasteiger partial charge in [-0.1, -0.05) is 42.0 Å². The van der Waals surface area contributed by atoms with E-state index in [2.05, 4.69) is 10.0 Å². The molecule has 44 heavy (non-hydrogen) atoms. The Kier molecular flexibility index (Phi) is 10.6. The molecule has 0 aromatic heterocycles. The number of benzene rings is 4. The first kappa shape index (κ1) is 32.0. The lowest BCUT2D eigenvalue weighted by Crippen LogP contribution is -2.48. The van der Waals surface area contributed by atoms with Crippen LogP contribution in [0.5, 0.6) is 11.5 Å². The second-order valence-corrected chi connectivity index (χ2v) is 11.8. The van der Waals surface area contributed by atoms with E-state index < -0.39 is 27.8 Å². The molecular formula is C33H34FN3O6S. The van der Waals surface area contributed by atoms with Crippen molar-refractivity contribution < 1.29 is 31.9 Å². The van der Waals surface area contributed by atoms with Crippen LogP contribution in [0.25, 0.3) is 0 Å². The molecule has 4 aromatic rings. The number of halogens is 1. The number of sulfonamides is 1. The van der Waals surface area contributed by atoms with Crippen molar-refractivity contribution in [3.05, 3.63) is 120 Å². The van der Waals surface area contributed by atoms with Crippen molar-refractivity contribution in [1.82, 2.24) is 10.2 Å². The maximum Gasteiger partial charge on any atom is 0.261 e. The predicted molar refractivity (Wildman–Crippen MR) is 165 cm³/mol. The number of carbonyl (C=O) groups is 2. The Labute approximate surface area is 256 Å². The Balaban J connectivity index is 1.42. The molecule has 0 unspecified atom stereocenters. The molecule has 0 aliphatic rings. The zero-order valence-corrected chi connectivity index (χ0v) is 25.4. The SMILES string of the molecule is COc1ccc(CN(C(=O)COc2ccc(S(=O)(=O)Nc3ccc(F)cc3)cc2)[C@@H](C)C(=O)NCc2ccc(C)cc2)cc1. The maximum absolute atomic E-state index is 13.4. The predicted octanol–water partition coefficient (Wildman–Crippen LogP) is 5.06. The van der Waals surface area contributed by atoms with Crippen LogP contribution in [0.15, 0.2) is 102 Å². The molecule has 2 N–H and O–H groups in total. The molecule has 0 aliphatic carbocycles. The molecule has 2 amide bonds. The Morgan fingerprint density at radius 1 is 0.841 bits per heavy atom. The van der Waals surface area contributed by atoms with Gasteiger partial charge in [0.15, 0.2) is 6.61 Å². The number of nitrogens with one attached hydrogen (secondary N) is 2. The lowest BCUT2D eigenvalue weighted by atomic mass is 10.1. The number of ether oxygens (including phenoxy) is 2. The van der Waals surface area contributed by atoms with Gasteiger partial charge in [0.05, 0.1) is 12.0 Å². The molecule has 0 radical (unpaired) electrons. The van der Waals surface area contributed by atoms with Crippen LogP contribution < -0.4 is 19.5 Å². The summed E-state index contributed by atoms with van der Waals surface area (Å²) < 4.78 is 51.9. The minimum atomic E-state index is -3.93. The van der Waals surface area contributed by atoms with Crippen LogP contribution in [0.3, 0.4) is 0 Å². The Hall–Kier alpha value is -4.90. The van der Waals surface area contributed by atoms with E-state index in [0.717, 1.165) is 28.8 Å². The highest BCUT2D eigenvalue weighted by atomic mass is 32.2. The quantitative estimate of drug-likeness (QED) is 0.216. The largest absolute Gasteiger partial charge is 0.497 e. The van der Waals surface area contributed by atoms with Gasteiger partial charge in [-0.05, 0) is 85.6 Å². The fraction of sp³-hybridized carbons (Fsp3) is 0.212. The zero-order valence-electron chi connectivity index (χ0n) is 24.6. The van der Waals surface area contributed by atoms with Crippen LogP contribution in [0.2, 0.25) is 0 Å². The van der Waals surface area contributed by atoms with Crippen molar-refractivity contribution in [3.63, 3.8) is 0 Å². The first-order valence-corrected chi connectivity index (χ1v) is 15.3. The first-order valence-electron chi connectivity index (χ1n) is 13.8. The van der Waals surface area contributed by atoms with Crippen LogP contribution in [-0.2, 0) is 32.7 Å². The van der Waals surface area contributed by atoms with Gasteiger partial charge in [0.1, 0.15) is 23.4 Å². The summed E-state index contributed by atoms with van der Waals surface area (Å²) in [5.74, 6) is -0.315. The molecule has 4 rings (SSSR count). The van der Waals surface area contributed by atoms with E-state index >= 15 is 0 Å². The number of aryl methyl sites for hydroxylation is 1. The molecule has 0 heterocycles. The van der Waals surface area contributed by atoms with Gasteiger partial charge >= 0.3 is 0 Å². The molecule has 9 nitrogen and oxygen atoms in total. The minimum absolute atomic E-state index is 0.0412. The molecule has 0 fully saturated rings. The van der Waals surface area contributed by atoms with Gasteiger partial charge < -0.3 is 19.7 Å². The lowest BCUT2D eigenvalue weighted by Gasteiger charge is -2.29. The Bertz CT molecular complexity index is 1660. The molecule has 0 bridgehead atoms. The van der Waals surface area contributed by atoms with Crippen LogP contribution in [0.4, 0.5) is 10.1 Å². The van der Waals surface area contributed by atoms with E-state index in [4.69, 9.17) is 9.47 Å². The second-order valence-electron chi connectivity index (χ2n) is 10.1. The van der Waals surface area contributed by atoms with Crippen molar-refractivity contribution >= 4 is 27.5 Å². The number of anilines is 1. The summed E-state index contributed by atoms with van der Waals surface area (Å²) in [7, 11) is -2.37. The van der Waals surface area contributed by atoms with Crippen molar-refractivity contribution in [3.8, 4) is 11.5 Å². The average Bonchev–Trinajstić information content (AvgIpc) is 3.03. The third-order valence-corrected chi connectivity index (χ3v) is 8.26. The standard InChI is InChI=1S/C33H34FN3O6S/c1-23-4-6-25(7-5-23)20-35-33(39)24(2)37(21-26-8-14-29(42-3)15-9-26)32(38)22-43-30-16-18-31(19-17-30)44(40,41)36-28-12-10-27(34)11-13-28/h4-19,24,36H,20-22H2,1-3H3,(H,35,39)/t24-/m0/s1. The van der Waals surface area contributed by atoms with E-state index in [1.807, 2.05) is 43.3 Å². The van der Waals surface area contributed by atoms with Crippen molar-refractivity contribution in [2.24, 2.45) is 0 Å². The van der Waals surface area contributed by atoms with Crippen molar-refractivity contribution in [1.29, 1.82) is 0 Å². The molecule has 0 spiro atoms. The topological polar surface area (TPSA) is 114 Å². The van der Waals surface area contributed by atoms with Gasteiger partial charge in [-0.3, -0.25) is 14.3 Å². The third-order valence-electron chi connectivity index (χ3n) is 6.86. The summed E-state index contributed by atoms with van der Waals surface area (Å²) in [6.45, 7) is 3.72. The highest BCUT2D eigenvalue weighted by Gasteiger charge is 2.26. The van der Waals surface area contributed by atoms with Crippen LogP contribution in [0, 0.1) is 12.7 Å². The second kappa shape index (κ2) is 14.5. The van der Waals surface area contributed by atoms with E-state index in [0.29, 0.717) is 12.3 Å². The zero-order chi connectivity index (χ0) is 31.7. The smallest absolute Gasteiger partial charge is 0.261 e. The molecule has 0 saturated heterocycles. The number of nitrogens with zero attached hydrogens (tertiary/aromatic N) is 1. The van der Waals surface area contributed by atoms with Gasteiger partial charge in [0, 0.05) is 18.8 Å². The van der Waals surface area contributed by atoms with E-state index in [1.165, 1.54) is 41.3 Å². The van der Waals surface area contributed by atoms with E-state index in [1.54, 1.807) is 26.2 Å². The number of rotatable bonds is 13. The summed E-state index contributed by atoms with van der Waals surface area (Å²) in [6.07, 6.45) is 0. The van der Waals surface area contributed by atoms with Gasteiger partial charge in [0.2, 0.25) is 5.91 Å². The van der Waals surface area contributed by atoms with Gasteiger partial charge in [-0.25, -0.2) is 12.8 Å². The monoisotopic (exact) mass is 619 g/mol. The molecule has 0 aliphatic heterocycles. The van der Waals surface area contributed by atoms with Crippen molar-refractivity contribution in [2.75, 3.05) is 18.4 Å². The van der Waals surface area contributed by atoms with Gasteiger partial charge in [-0.15, -0.1) is 0 Å². The third kappa shape index (κ3) is 8.81. The summed E-state index contributed by atoms with van der Waals surface area (Å²) in [5, 5.41) is 2.90. The summed E-state index contributed by atoms with van der Waals surface area (Å²) in [4.78, 5) is 27.9. The van der Waals surface area contributed by atoms with Crippen LogP contribution >= 0.6 is 0 Å². The highest BCUT2D eigenvalue weighted by Crippen LogP contribution is 2.21. The van der Waals surface area contributed by atoms with Gasteiger partial charge in [-0.2, -0.15) is 0 Å². The molecule has 230 valence electrons. The summed E-state index contributed by atoms with van der Waals surface area (Å²) in [5.41, 5.74) is 3.06. The molecule has 11 heteroatoms. The maximum atomic E-state index is 13.4. The Morgan fingerprint density at radius 3 is 2.05 bits per heavy atom. The van der Waals surface area contributed by atoms with E-state index in [-0.39, 0.29) is 35.4 Å². The number of methoxy groups -OCH3 is 1. The van der Waals surface area contributed by atoms with Gasteiger partial charge in [0.25, 0.3) is 15.9 Å². The number of hydrogen-bond acceptors (Lipinski definition) is 6. The molecule has 4 aromatic carbocycles. The Morgan fingerprint density at radius 2 is 1.43 bits per heavy atom. The number of carbonyl (C=O) groups excluding carboxylic acids is 2. The fourth-order valence-corrected chi connectivity index (χ4v) is 5.29. The van der Waals surface area contributed by atoms with Crippen LogP contribution in [0.1, 0.15) is 23.6 Å². The van der Waals surface area contributed by atoms with E-state index in [9.17, 15) is 22.4 Å². The first-order chi connectivity index (χ1) is 21.0. The average molecular weight is 620 g/mol. The van der Waals surface area contributed by atoms with Crippen LogP contribution in [-0.4, -0.2) is 44.9 Å². The fourth-order valence-electron chi connectivity index (χ4n) is 4.23. The lowest BCUT2D eigenvalue weighted by molar-refractivity contribution is -0.142. The molecular weight excluding hydrogens is 585 g/mol. The summed E-state index contributed by atoms with van der Waals surface area (Å²) >= 11 is 0. The molecule has 1 atom stereocenters. The number of hydrogen-bond donors (Lipinski definition) is 2. The molecule has 0 saturated carbocycles. The normalized spacial score (nSPS) is 11.7. The highest BCUT2D eigenvalue weighted by molar-refractivity contribution is 7.92. The number of amides is 2. The summed E-state index contributed by atoms with van der Waals surface area (Å²) in [6, 6.07) is 24.6. The van der Waals surface area contributed by atoms with Crippen molar-refractivity contribution in [2.45, 2.75) is 37.9 Å². The minimum Gasteiger partial charge on any atom is -0.497 e.